The summed E-state index contributed by atoms with van der Waals surface area (Å²) < 4.78 is 5.31. The number of hydrogen-bond donors (Lipinski definition) is 3. The third-order valence-corrected chi connectivity index (χ3v) is 5.65. The minimum atomic E-state index is -0.115. The molecule has 1 aliphatic heterocycles. The summed E-state index contributed by atoms with van der Waals surface area (Å²) in [5.74, 6) is 1.00. The molecule has 0 bridgehead atoms. The Labute approximate surface area is 165 Å². The number of phenols is 1. The fourth-order valence-electron chi connectivity index (χ4n) is 4.41. The maximum Gasteiger partial charge on any atom is 0.253 e. The van der Waals surface area contributed by atoms with Gasteiger partial charge in [0.25, 0.3) is 5.91 Å². The molecule has 0 fully saturated rings. The monoisotopic (exact) mass is 378 g/mol. The van der Waals surface area contributed by atoms with Gasteiger partial charge in [0.05, 0.1) is 24.4 Å². The van der Waals surface area contributed by atoms with Crippen LogP contribution in [0.2, 0.25) is 0 Å². The van der Waals surface area contributed by atoms with Crippen molar-refractivity contribution in [2.45, 2.75) is 38.3 Å². The molecule has 0 spiro atoms. The van der Waals surface area contributed by atoms with Crippen molar-refractivity contribution >= 4 is 11.6 Å². The Morgan fingerprint density at radius 1 is 1.21 bits per heavy atom. The third kappa shape index (κ3) is 3.01. The number of carbonyl (C=O) groups excluding carboxylic acids is 1. The van der Waals surface area contributed by atoms with Crippen molar-refractivity contribution < 1.29 is 14.6 Å². The van der Waals surface area contributed by atoms with Crippen molar-refractivity contribution in [2.24, 2.45) is 5.92 Å². The molecular weight excluding hydrogens is 352 g/mol. The summed E-state index contributed by atoms with van der Waals surface area (Å²) >= 11 is 0. The van der Waals surface area contributed by atoms with Gasteiger partial charge in [0.15, 0.2) is 11.5 Å². The van der Waals surface area contributed by atoms with Gasteiger partial charge in [0, 0.05) is 17.5 Å². The number of hydrogen-bond acceptors (Lipinski definition) is 4. The minimum Gasteiger partial charge on any atom is -0.504 e. The normalized spacial score (nSPS) is 22.4. The van der Waals surface area contributed by atoms with E-state index in [1.54, 1.807) is 13.2 Å². The second kappa shape index (κ2) is 7.23. The Kier molecular flexibility index (Phi) is 4.75. The predicted molar refractivity (Wildman–Crippen MR) is 110 cm³/mol. The molecule has 0 aromatic heterocycles. The number of carbonyl (C=O) groups is 1. The molecule has 5 nitrogen and oxygen atoms in total. The van der Waals surface area contributed by atoms with E-state index in [0.717, 1.165) is 23.2 Å². The van der Waals surface area contributed by atoms with Gasteiger partial charge >= 0.3 is 0 Å². The Bertz CT molecular complexity index is 935. The van der Waals surface area contributed by atoms with Gasteiger partial charge in [-0.15, -0.1) is 0 Å². The second-order valence-electron chi connectivity index (χ2n) is 7.77. The smallest absolute Gasteiger partial charge is 0.253 e. The van der Waals surface area contributed by atoms with Crippen molar-refractivity contribution in [3.05, 3.63) is 65.2 Å². The Hall–Kier alpha value is -2.95. The summed E-state index contributed by atoms with van der Waals surface area (Å²) in [7, 11) is 1.55. The average Bonchev–Trinajstić information content (AvgIpc) is 3.17. The van der Waals surface area contributed by atoms with Crippen LogP contribution in [0.15, 0.2) is 48.6 Å². The molecule has 4 rings (SSSR count). The van der Waals surface area contributed by atoms with E-state index in [4.69, 9.17) is 4.74 Å². The van der Waals surface area contributed by atoms with Gasteiger partial charge < -0.3 is 20.5 Å². The van der Waals surface area contributed by atoms with E-state index < -0.39 is 0 Å². The van der Waals surface area contributed by atoms with Gasteiger partial charge in [-0.3, -0.25) is 4.79 Å². The van der Waals surface area contributed by atoms with Gasteiger partial charge in [-0.1, -0.05) is 36.4 Å². The van der Waals surface area contributed by atoms with Gasteiger partial charge in [-0.2, -0.15) is 0 Å². The van der Waals surface area contributed by atoms with Crippen molar-refractivity contribution in [1.82, 2.24) is 5.32 Å². The third-order valence-electron chi connectivity index (χ3n) is 5.65. The predicted octanol–water partition coefficient (Wildman–Crippen LogP) is 4.37. The van der Waals surface area contributed by atoms with Crippen LogP contribution in [0.4, 0.5) is 5.69 Å². The van der Waals surface area contributed by atoms with E-state index in [1.165, 1.54) is 0 Å². The molecule has 0 saturated heterocycles. The molecule has 3 unspecified atom stereocenters. The zero-order chi connectivity index (χ0) is 19.8. The van der Waals surface area contributed by atoms with Crippen molar-refractivity contribution in [3.8, 4) is 11.5 Å². The number of rotatable bonds is 4. The van der Waals surface area contributed by atoms with Gasteiger partial charge in [0.1, 0.15) is 0 Å². The van der Waals surface area contributed by atoms with Crippen LogP contribution in [-0.2, 0) is 0 Å². The quantitative estimate of drug-likeness (QED) is 0.691. The number of nitrogens with one attached hydrogen (secondary N) is 2. The Morgan fingerprint density at radius 2 is 1.96 bits per heavy atom. The second-order valence-corrected chi connectivity index (χ2v) is 7.77. The fourth-order valence-corrected chi connectivity index (χ4v) is 4.41. The van der Waals surface area contributed by atoms with Crippen LogP contribution in [0.25, 0.3) is 0 Å². The standard InChI is InChI=1S/C23H26N2O3/c1-13(2)24-23(27)18-11-5-9-16-14-7-4-8-15(14)20(25-21(16)18)17-10-6-12-19(28-3)22(17)26/h4-7,9-15,20,25-26H,8H2,1-3H3,(H,24,27). The molecule has 3 atom stereocenters. The van der Waals surface area contributed by atoms with Crippen molar-refractivity contribution in [3.63, 3.8) is 0 Å². The number of para-hydroxylation sites is 2. The molecule has 5 heteroatoms. The number of amides is 1. The summed E-state index contributed by atoms with van der Waals surface area (Å²) in [6.45, 7) is 3.90. The Morgan fingerprint density at radius 3 is 2.71 bits per heavy atom. The number of benzene rings is 2. The van der Waals surface area contributed by atoms with E-state index in [1.807, 2.05) is 38.1 Å². The van der Waals surface area contributed by atoms with E-state index in [0.29, 0.717) is 11.3 Å². The molecule has 146 valence electrons. The van der Waals surface area contributed by atoms with Crippen molar-refractivity contribution in [2.75, 3.05) is 12.4 Å². The number of anilines is 1. The highest BCUT2D eigenvalue weighted by molar-refractivity contribution is 6.01. The maximum atomic E-state index is 12.8. The summed E-state index contributed by atoms with van der Waals surface area (Å²) in [6.07, 6.45) is 5.33. The van der Waals surface area contributed by atoms with Crippen LogP contribution in [0, 0.1) is 5.92 Å². The number of methoxy groups -OCH3 is 1. The van der Waals surface area contributed by atoms with E-state index in [9.17, 15) is 9.90 Å². The maximum absolute atomic E-state index is 12.8. The topological polar surface area (TPSA) is 70.6 Å². The van der Waals surface area contributed by atoms with Gasteiger partial charge in [0.2, 0.25) is 0 Å². The first-order chi connectivity index (χ1) is 13.5. The van der Waals surface area contributed by atoms with Crippen LogP contribution in [0.5, 0.6) is 11.5 Å². The van der Waals surface area contributed by atoms with Crippen LogP contribution in [0.1, 0.15) is 53.7 Å². The molecule has 3 N–H and O–H groups in total. The van der Waals surface area contributed by atoms with Crippen LogP contribution >= 0.6 is 0 Å². The number of allylic oxidation sites excluding steroid dienone is 2. The van der Waals surface area contributed by atoms with Crippen LogP contribution in [-0.4, -0.2) is 24.2 Å². The van der Waals surface area contributed by atoms with E-state index >= 15 is 0 Å². The number of phenolic OH excluding ortho intramolecular Hbond substituents is 1. The largest absolute Gasteiger partial charge is 0.504 e. The fraction of sp³-hybridized carbons (Fsp3) is 0.348. The summed E-state index contributed by atoms with van der Waals surface area (Å²) in [5, 5.41) is 17.3. The highest BCUT2D eigenvalue weighted by atomic mass is 16.5. The molecule has 28 heavy (non-hydrogen) atoms. The molecule has 0 saturated carbocycles. The lowest BCUT2D eigenvalue weighted by atomic mass is 9.76. The van der Waals surface area contributed by atoms with Crippen LogP contribution in [0.3, 0.4) is 0 Å². The average molecular weight is 378 g/mol. The summed E-state index contributed by atoms with van der Waals surface area (Å²) in [6, 6.07) is 11.4. The van der Waals surface area contributed by atoms with E-state index in [-0.39, 0.29) is 35.6 Å². The molecule has 2 aromatic rings. The molecular formula is C23H26N2O3. The lowest BCUT2D eigenvalue weighted by Crippen LogP contribution is -2.34. The molecule has 2 aliphatic rings. The van der Waals surface area contributed by atoms with E-state index in [2.05, 4.69) is 28.9 Å². The molecule has 1 aliphatic carbocycles. The lowest BCUT2D eigenvalue weighted by Gasteiger charge is -2.38. The molecule has 1 amide bonds. The lowest BCUT2D eigenvalue weighted by molar-refractivity contribution is 0.0943. The highest BCUT2D eigenvalue weighted by Gasteiger charge is 2.40. The van der Waals surface area contributed by atoms with Gasteiger partial charge in [-0.05, 0) is 43.9 Å². The summed E-state index contributed by atoms with van der Waals surface area (Å²) in [4.78, 5) is 12.8. The first-order valence-electron chi connectivity index (χ1n) is 9.74. The minimum absolute atomic E-state index is 0.0595. The highest BCUT2D eigenvalue weighted by Crippen LogP contribution is 2.52. The summed E-state index contributed by atoms with van der Waals surface area (Å²) in [5.41, 5.74) is 3.41. The number of ether oxygens (including phenoxy) is 1. The zero-order valence-electron chi connectivity index (χ0n) is 16.4. The van der Waals surface area contributed by atoms with Gasteiger partial charge in [-0.25, -0.2) is 0 Å². The molecule has 2 aromatic carbocycles. The zero-order valence-corrected chi connectivity index (χ0v) is 16.4. The number of fused-ring (bicyclic) bond motifs is 3. The molecule has 1 heterocycles. The van der Waals surface area contributed by atoms with Crippen LogP contribution < -0.4 is 15.4 Å². The first kappa shape index (κ1) is 18.4. The van der Waals surface area contributed by atoms with Crippen molar-refractivity contribution in [1.29, 1.82) is 0 Å². The SMILES string of the molecule is COc1cccc(C2Nc3c(C(=O)NC(C)C)cccc3C3C=CCC32)c1O. The first-order valence-corrected chi connectivity index (χ1v) is 9.74. The Balaban J connectivity index is 1.81. The molecule has 0 radical (unpaired) electrons. The number of aromatic hydroxyl groups is 1.